The number of carbonyl (C=O) groups is 2. The number of halogens is 1. The average molecular weight is 495 g/mol. The number of benzodiazepines with no additional fused rings is 1. The first-order valence-corrected chi connectivity index (χ1v) is 10.9. The molecule has 2 amide bonds. The predicted molar refractivity (Wildman–Crippen MR) is 133 cm³/mol. The van der Waals surface area contributed by atoms with E-state index in [1.54, 1.807) is 18.2 Å². The van der Waals surface area contributed by atoms with Gasteiger partial charge in [-0.2, -0.15) is 0 Å². The van der Waals surface area contributed by atoms with Crippen LogP contribution in [0.4, 0.5) is 5.69 Å². The fraction of sp³-hybridized carbons (Fsp3) is 0.160. The fourth-order valence-corrected chi connectivity index (χ4v) is 3.79. The van der Waals surface area contributed by atoms with E-state index in [9.17, 15) is 9.59 Å². The minimum atomic E-state index is -1.12. The van der Waals surface area contributed by atoms with E-state index in [-0.39, 0.29) is 5.56 Å². The van der Waals surface area contributed by atoms with E-state index < -0.39 is 18.0 Å². The Balaban J connectivity index is 1.64. The maximum Gasteiger partial charge on any atom is 0.265 e. The van der Waals surface area contributed by atoms with Crippen molar-refractivity contribution in [3.05, 3.63) is 82.4 Å². The van der Waals surface area contributed by atoms with Crippen molar-refractivity contribution < 1.29 is 23.8 Å². The van der Waals surface area contributed by atoms with E-state index >= 15 is 0 Å². The van der Waals surface area contributed by atoms with Gasteiger partial charge in [0.15, 0.2) is 17.7 Å². The van der Waals surface area contributed by atoms with E-state index in [1.165, 1.54) is 33.5 Å². The summed E-state index contributed by atoms with van der Waals surface area (Å²) in [4.78, 5) is 30.5. The highest BCUT2D eigenvalue weighted by Gasteiger charge is 2.27. The van der Waals surface area contributed by atoms with Gasteiger partial charge in [0, 0.05) is 21.7 Å². The number of hydrazine groups is 1. The number of carbonyl (C=O) groups excluding carboxylic acids is 2. The molecule has 0 aliphatic carbocycles. The van der Waals surface area contributed by atoms with Gasteiger partial charge in [-0.25, -0.2) is 5.43 Å². The number of fused-ring (bicyclic) bond motifs is 1. The van der Waals surface area contributed by atoms with Gasteiger partial charge in [0.2, 0.25) is 5.75 Å². The van der Waals surface area contributed by atoms with Crippen molar-refractivity contribution in [3.63, 3.8) is 0 Å². The number of ether oxygens (including phenoxy) is 3. The van der Waals surface area contributed by atoms with E-state index in [2.05, 4.69) is 21.2 Å². The van der Waals surface area contributed by atoms with E-state index in [4.69, 9.17) is 25.8 Å². The molecular weight excluding hydrogens is 472 g/mol. The second-order valence-electron chi connectivity index (χ2n) is 7.44. The number of aliphatic imine (C=N–C) groups is 1. The van der Waals surface area contributed by atoms with E-state index in [0.29, 0.717) is 39.2 Å². The van der Waals surface area contributed by atoms with Crippen LogP contribution in [0.1, 0.15) is 21.5 Å². The maximum absolute atomic E-state index is 13.0. The molecule has 3 aromatic carbocycles. The molecule has 0 radical (unpaired) electrons. The minimum Gasteiger partial charge on any atom is -0.493 e. The third kappa shape index (κ3) is 5.06. The summed E-state index contributed by atoms with van der Waals surface area (Å²) in [6, 6.07) is 17.5. The Bertz CT molecular complexity index is 1270. The molecular formula is C25H23ClN4O5. The lowest BCUT2D eigenvalue weighted by Crippen LogP contribution is -2.49. The van der Waals surface area contributed by atoms with Crippen molar-refractivity contribution in [1.82, 2.24) is 10.9 Å². The summed E-state index contributed by atoms with van der Waals surface area (Å²) >= 11 is 6.23. The number of hydrogen-bond donors (Lipinski definition) is 3. The van der Waals surface area contributed by atoms with Crippen LogP contribution >= 0.6 is 11.6 Å². The van der Waals surface area contributed by atoms with Gasteiger partial charge in [0.25, 0.3) is 11.8 Å². The average Bonchev–Trinajstić information content (AvgIpc) is 3.02. The number of benzene rings is 3. The SMILES string of the molecule is COc1cc(C(=O)NNC2N=C(c3ccccc3)c3cc(Cl)ccc3NC2=O)cc(OC)c1OC. The molecule has 9 nitrogen and oxygen atoms in total. The monoisotopic (exact) mass is 494 g/mol. The van der Waals surface area contributed by atoms with Gasteiger partial charge in [-0.3, -0.25) is 20.0 Å². The van der Waals surface area contributed by atoms with Gasteiger partial charge in [0.05, 0.1) is 32.7 Å². The van der Waals surface area contributed by atoms with Gasteiger partial charge in [-0.05, 0) is 30.3 Å². The Morgan fingerprint density at radius 1 is 0.971 bits per heavy atom. The molecule has 0 aromatic heterocycles. The predicted octanol–water partition coefficient (Wildman–Crippen LogP) is 3.42. The van der Waals surface area contributed by atoms with Crippen molar-refractivity contribution in [2.75, 3.05) is 26.6 Å². The molecule has 3 N–H and O–H groups in total. The van der Waals surface area contributed by atoms with Crippen LogP contribution in [-0.2, 0) is 4.79 Å². The molecule has 0 saturated carbocycles. The lowest BCUT2D eigenvalue weighted by molar-refractivity contribution is -0.118. The number of amides is 2. The van der Waals surface area contributed by atoms with Crippen LogP contribution in [-0.4, -0.2) is 45.0 Å². The van der Waals surface area contributed by atoms with Crippen LogP contribution in [0.15, 0.2) is 65.7 Å². The number of hydrogen-bond acceptors (Lipinski definition) is 7. The standard InChI is InChI=1S/C25H23ClN4O5/c1-33-19-11-15(12-20(34-2)22(19)35-3)24(31)30-29-23-25(32)27-18-10-9-16(26)13-17(18)21(28-23)14-7-5-4-6-8-14/h4-13,23,29H,1-3H3,(H,27,32)(H,30,31). The minimum absolute atomic E-state index is 0.225. The largest absolute Gasteiger partial charge is 0.493 e. The molecule has 4 rings (SSSR count). The first-order chi connectivity index (χ1) is 16.9. The van der Waals surface area contributed by atoms with Crippen molar-refractivity contribution >= 4 is 34.8 Å². The van der Waals surface area contributed by atoms with Crippen molar-refractivity contribution in [3.8, 4) is 17.2 Å². The molecule has 10 heteroatoms. The van der Waals surface area contributed by atoms with Crippen LogP contribution in [0.25, 0.3) is 0 Å². The molecule has 1 aliphatic rings. The summed E-state index contributed by atoms with van der Waals surface area (Å²) in [5.74, 6) is 0.0149. The Kier molecular flexibility index (Phi) is 7.19. The van der Waals surface area contributed by atoms with Crippen LogP contribution < -0.4 is 30.4 Å². The van der Waals surface area contributed by atoms with Gasteiger partial charge in [-0.15, -0.1) is 0 Å². The van der Waals surface area contributed by atoms with Crippen molar-refractivity contribution in [1.29, 1.82) is 0 Å². The van der Waals surface area contributed by atoms with Gasteiger partial charge in [-0.1, -0.05) is 41.9 Å². The van der Waals surface area contributed by atoms with Crippen LogP contribution in [0.5, 0.6) is 17.2 Å². The molecule has 180 valence electrons. The molecule has 0 spiro atoms. The number of anilines is 1. The highest BCUT2D eigenvalue weighted by Crippen LogP contribution is 2.38. The zero-order chi connectivity index (χ0) is 24.9. The highest BCUT2D eigenvalue weighted by molar-refractivity contribution is 6.32. The van der Waals surface area contributed by atoms with Gasteiger partial charge >= 0.3 is 0 Å². The Hall–Kier alpha value is -4.08. The maximum atomic E-state index is 13.0. The Morgan fingerprint density at radius 3 is 2.29 bits per heavy atom. The molecule has 1 heterocycles. The summed E-state index contributed by atoms with van der Waals surface area (Å²) in [7, 11) is 4.38. The van der Waals surface area contributed by atoms with Crippen molar-refractivity contribution in [2.24, 2.45) is 4.99 Å². The lowest BCUT2D eigenvalue weighted by Gasteiger charge is -2.16. The molecule has 3 aromatic rings. The summed E-state index contributed by atoms with van der Waals surface area (Å²) in [6.45, 7) is 0. The van der Waals surface area contributed by atoms with E-state index in [0.717, 1.165) is 5.56 Å². The highest BCUT2D eigenvalue weighted by atomic mass is 35.5. The first-order valence-electron chi connectivity index (χ1n) is 10.5. The second kappa shape index (κ2) is 10.5. The molecule has 0 saturated heterocycles. The smallest absolute Gasteiger partial charge is 0.265 e. The third-order valence-electron chi connectivity index (χ3n) is 5.30. The first kappa shape index (κ1) is 24.1. The zero-order valence-corrected chi connectivity index (χ0v) is 20.0. The summed E-state index contributed by atoms with van der Waals surface area (Å²) in [5, 5.41) is 3.34. The molecule has 1 unspecified atom stereocenters. The molecule has 1 aliphatic heterocycles. The summed E-state index contributed by atoms with van der Waals surface area (Å²) in [6.07, 6.45) is -1.12. The van der Waals surface area contributed by atoms with Crippen LogP contribution in [0.2, 0.25) is 5.02 Å². The zero-order valence-electron chi connectivity index (χ0n) is 19.2. The molecule has 0 bridgehead atoms. The van der Waals surface area contributed by atoms with Crippen LogP contribution in [0, 0.1) is 0 Å². The fourth-order valence-electron chi connectivity index (χ4n) is 3.62. The Labute approximate surface area is 207 Å². The lowest BCUT2D eigenvalue weighted by atomic mass is 10.0. The number of rotatable bonds is 7. The Morgan fingerprint density at radius 2 is 1.66 bits per heavy atom. The molecule has 1 atom stereocenters. The number of methoxy groups -OCH3 is 3. The van der Waals surface area contributed by atoms with E-state index in [1.807, 2.05) is 30.3 Å². The quantitative estimate of drug-likeness (QED) is 0.434. The number of nitrogens with zero attached hydrogens (tertiary/aromatic N) is 1. The topological polar surface area (TPSA) is 110 Å². The summed E-state index contributed by atoms with van der Waals surface area (Å²) in [5.41, 5.74) is 8.04. The van der Waals surface area contributed by atoms with Crippen LogP contribution in [0.3, 0.4) is 0 Å². The van der Waals surface area contributed by atoms with Crippen molar-refractivity contribution in [2.45, 2.75) is 6.17 Å². The summed E-state index contributed by atoms with van der Waals surface area (Å²) < 4.78 is 15.9. The second-order valence-corrected chi connectivity index (χ2v) is 7.87. The number of nitrogens with one attached hydrogen (secondary N) is 3. The molecule has 0 fully saturated rings. The third-order valence-corrected chi connectivity index (χ3v) is 5.53. The van der Waals surface area contributed by atoms with Gasteiger partial charge in [0.1, 0.15) is 0 Å². The normalized spacial score (nSPS) is 14.7. The molecule has 35 heavy (non-hydrogen) atoms. The van der Waals surface area contributed by atoms with Gasteiger partial charge < -0.3 is 19.5 Å².